The third-order valence-electron chi connectivity index (χ3n) is 9.33. The fraction of sp³-hybridized carbons (Fsp3) is 0. The number of thiazole rings is 1. The number of fused-ring (bicyclic) bond motifs is 12. The van der Waals surface area contributed by atoms with Crippen LogP contribution in [0.4, 0.5) is 0 Å². The van der Waals surface area contributed by atoms with E-state index in [0.717, 1.165) is 48.4 Å². The topological polar surface area (TPSA) is 40.0 Å². The third-order valence-corrected chi connectivity index (χ3v) is 11.5. The number of hydrogen-bond acceptors (Lipinski definition) is 4. The molecule has 48 heavy (non-hydrogen) atoms. The summed E-state index contributed by atoms with van der Waals surface area (Å²) in [6, 6.07) is 49.0. The Bertz CT molecular complexity index is 2940. The average Bonchev–Trinajstić information content (AvgIpc) is 3.96. The SMILES string of the molecule is [Ir].[c-]1cc(-c2ccc(-n3c4ccccc4c4ccccc43)s2)cc2c3nc(-n4c5ccccc5c5ccccc54)sc3c3ccnn3c12. The molecule has 0 saturated heterocycles. The van der Waals surface area contributed by atoms with Crippen molar-refractivity contribution in [2.45, 2.75) is 0 Å². The molecule has 6 heterocycles. The Hall–Kier alpha value is -5.11. The zero-order valence-electron chi connectivity index (χ0n) is 25.1. The Balaban J connectivity index is 0.00000295. The van der Waals surface area contributed by atoms with Crippen molar-refractivity contribution in [3.8, 4) is 20.6 Å². The van der Waals surface area contributed by atoms with Gasteiger partial charge in [-0.2, -0.15) is 23.3 Å². The van der Waals surface area contributed by atoms with Crippen molar-refractivity contribution in [2.75, 3.05) is 0 Å². The van der Waals surface area contributed by atoms with Gasteiger partial charge in [0.25, 0.3) is 0 Å². The van der Waals surface area contributed by atoms with E-state index < -0.39 is 0 Å². The molecule has 5 aromatic carbocycles. The first-order valence-electron chi connectivity index (χ1n) is 15.5. The van der Waals surface area contributed by atoms with Crippen molar-refractivity contribution in [3.63, 3.8) is 0 Å². The number of rotatable bonds is 3. The molecule has 0 amide bonds. The summed E-state index contributed by atoms with van der Waals surface area (Å²) >= 11 is 3.51. The summed E-state index contributed by atoms with van der Waals surface area (Å²) < 4.78 is 7.81. The smallest absolute Gasteiger partial charge is 0.194 e. The Labute approximate surface area is 295 Å². The minimum atomic E-state index is 0. The Kier molecular flexibility index (Phi) is 6.08. The molecule has 11 rings (SSSR count). The predicted octanol–water partition coefficient (Wildman–Crippen LogP) is 10.8. The van der Waals surface area contributed by atoms with Gasteiger partial charge in [-0.3, -0.25) is 9.08 Å². The molecule has 8 heteroatoms. The normalized spacial score (nSPS) is 12.0. The fourth-order valence-corrected chi connectivity index (χ4v) is 9.43. The van der Waals surface area contributed by atoms with Gasteiger partial charge in [0.1, 0.15) is 0 Å². The van der Waals surface area contributed by atoms with E-state index in [1.54, 1.807) is 22.7 Å². The van der Waals surface area contributed by atoms with Crippen molar-refractivity contribution in [1.82, 2.24) is 23.7 Å². The number of aromatic nitrogens is 5. The van der Waals surface area contributed by atoms with E-state index in [0.29, 0.717) is 0 Å². The molecule has 0 fully saturated rings. The van der Waals surface area contributed by atoms with Gasteiger partial charge in [0.2, 0.25) is 0 Å². The van der Waals surface area contributed by atoms with Gasteiger partial charge < -0.3 is 4.57 Å². The molecule has 1 radical (unpaired) electrons. The van der Waals surface area contributed by atoms with E-state index in [4.69, 9.17) is 10.1 Å². The molecule has 0 N–H and O–H groups in total. The number of pyridine rings is 1. The maximum Gasteiger partial charge on any atom is 0.194 e. The fourth-order valence-electron chi connectivity index (χ4n) is 7.29. The second-order valence-corrected chi connectivity index (χ2v) is 13.9. The minimum Gasteiger partial charge on any atom is -0.301 e. The summed E-state index contributed by atoms with van der Waals surface area (Å²) in [6.07, 6.45) is 1.87. The summed E-state index contributed by atoms with van der Waals surface area (Å²) in [5, 5.41) is 12.9. The second kappa shape index (κ2) is 10.4. The largest absolute Gasteiger partial charge is 0.301 e. The number of thiophene rings is 1. The number of hydrogen-bond donors (Lipinski definition) is 0. The number of para-hydroxylation sites is 4. The van der Waals surface area contributed by atoms with Crippen LogP contribution in [0.1, 0.15) is 0 Å². The molecular weight excluding hydrogens is 807 g/mol. The molecule has 0 atom stereocenters. The van der Waals surface area contributed by atoms with Crippen LogP contribution < -0.4 is 0 Å². The monoisotopic (exact) mass is 829 g/mol. The summed E-state index contributed by atoms with van der Waals surface area (Å²) in [6.45, 7) is 0. The molecule has 0 saturated carbocycles. The van der Waals surface area contributed by atoms with Crippen LogP contribution >= 0.6 is 22.7 Å². The van der Waals surface area contributed by atoms with E-state index in [1.165, 1.54) is 42.5 Å². The molecule has 0 aliphatic heterocycles. The molecular formula is C40H22IrN5S2-. The first-order chi connectivity index (χ1) is 23.3. The van der Waals surface area contributed by atoms with E-state index in [-0.39, 0.29) is 20.1 Å². The summed E-state index contributed by atoms with van der Waals surface area (Å²) in [5.41, 5.74) is 8.83. The summed E-state index contributed by atoms with van der Waals surface area (Å²) in [5.74, 6) is 0. The minimum absolute atomic E-state index is 0. The van der Waals surface area contributed by atoms with Crippen LogP contribution in [0.5, 0.6) is 0 Å². The standard InChI is InChI=1S/C40H22N5S2.Ir/c1-5-13-30-25(9-1)26-10-2-6-14-31(26)43(30)37-20-19-36(46-37)24-17-18-34-29(23-24)38-39(35-21-22-41-45(34)35)47-40(42-38)44-32-15-7-3-11-27(32)28-12-4-8-16-33(28)44;/h1-17,19-23H;/q-1;. The van der Waals surface area contributed by atoms with E-state index in [1.807, 2.05) is 10.7 Å². The molecule has 0 unspecified atom stereocenters. The van der Waals surface area contributed by atoms with E-state index in [2.05, 4.69) is 143 Å². The van der Waals surface area contributed by atoms with Crippen molar-refractivity contribution < 1.29 is 20.1 Å². The van der Waals surface area contributed by atoms with E-state index >= 15 is 0 Å². The molecule has 5 nitrogen and oxygen atoms in total. The Morgan fingerprint density at radius 1 is 0.562 bits per heavy atom. The van der Waals surface area contributed by atoms with Crippen LogP contribution in [0.25, 0.3) is 90.8 Å². The van der Waals surface area contributed by atoms with Gasteiger partial charge in [0.05, 0.1) is 37.3 Å². The molecule has 0 spiro atoms. The van der Waals surface area contributed by atoms with Gasteiger partial charge in [-0.1, -0.05) is 95.6 Å². The average molecular weight is 829 g/mol. The number of benzene rings is 5. The van der Waals surface area contributed by atoms with Gasteiger partial charge in [-0.05, 0) is 46.8 Å². The van der Waals surface area contributed by atoms with Crippen molar-refractivity contribution in [1.29, 1.82) is 0 Å². The van der Waals surface area contributed by atoms with Crippen LogP contribution in [-0.4, -0.2) is 23.7 Å². The Morgan fingerprint density at radius 2 is 1.15 bits per heavy atom. The van der Waals surface area contributed by atoms with Crippen molar-refractivity contribution >= 4 is 92.9 Å². The van der Waals surface area contributed by atoms with Gasteiger partial charge in [0.15, 0.2) is 5.13 Å². The van der Waals surface area contributed by atoms with Crippen molar-refractivity contribution in [2.24, 2.45) is 0 Å². The van der Waals surface area contributed by atoms with Crippen LogP contribution in [0.3, 0.4) is 0 Å². The number of nitrogens with zero attached hydrogens (tertiary/aromatic N) is 5. The second-order valence-electron chi connectivity index (χ2n) is 11.8. The maximum atomic E-state index is 5.38. The molecule has 11 aromatic rings. The summed E-state index contributed by atoms with van der Waals surface area (Å²) in [4.78, 5) is 6.57. The van der Waals surface area contributed by atoms with E-state index in [9.17, 15) is 0 Å². The molecule has 6 aromatic heterocycles. The van der Waals surface area contributed by atoms with Crippen LogP contribution in [-0.2, 0) is 20.1 Å². The molecule has 0 aliphatic carbocycles. The Morgan fingerprint density at radius 3 is 1.77 bits per heavy atom. The van der Waals surface area contributed by atoms with Crippen LogP contribution in [0.15, 0.2) is 134 Å². The van der Waals surface area contributed by atoms with Gasteiger partial charge >= 0.3 is 0 Å². The maximum absolute atomic E-state index is 5.38. The zero-order valence-corrected chi connectivity index (χ0v) is 29.1. The third kappa shape index (κ3) is 3.80. The van der Waals surface area contributed by atoms with Crippen LogP contribution in [0.2, 0.25) is 0 Å². The first kappa shape index (κ1) is 28.0. The predicted molar refractivity (Wildman–Crippen MR) is 197 cm³/mol. The van der Waals surface area contributed by atoms with Crippen molar-refractivity contribution in [3.05, 3.63) is 140 Å². The van der Waals surface area contributed by atoms with Gasteiger partial charge in [-0.15, -0.1) is 16.9 Å². The molecule has 229 valence electrons. The quantitative estimate of drug-likeness (QED) is 0.167. The van der Waals surface area contributed by atoms with Gasteiger partial charge in [0, 0.05) is 53.4 Å². The molecule has 0 bridgehead atoms. The van der Waals surface area contributed by atoms with Gasteiger partial charge in [-0.25, -0.2) is 4.98 Å². The zero-order chi connectivity index (χ0) is 30.6. The molecule has 0 aliphatic rings. The summed E-state index contributed by atoms with van der Waals surface area (Å²) in [7, 11) is 0. The first-order valence-corrected chi connectivity index (χ1v) is 17.1. The van der Waals surface area contributed by atoms with Crippen LogP contribution in [0, 0.1) is 6.07 Å².